The number of halogens is 5. The molecule has 5 nitrogen and oxygen atoms in total. The van der Waals surface area contributed by atoms with Crippen LogP contribution in [0.15, 0.2) is 35.2 Å². The van der Waals surface area contributed by atoms with Gasteiger partial charge in [0.25, 0.3) is 5.91 Å². The Hall–Kier alpha value is -2.43. The van der Waals surface area contributed by atoms with E-state index < -0.39 is 30.1 Å². The lowest BCUT2D eigenvalue weighted by Crippen LogP contribution is -2.30. The highest BCUT2D eigenvalue weighted by molar-refractivity contribution is 7.98. The number of nitrogens with one attached hydrogen (secondary N) is 1. The van der Waals surface area contributed by atoms with Gasteiger partial charge in [0.2, 0.25) is 5.92 Å². The Labute approximate surface area is 174 Å². The number of aromatic nitrogens is 2. The minimum Gasteiger partial charge on any atom is -0.369 e. The molecule has 0 saturated carbocycles. The minimum absolute atomic E-state index is 0.0769. The van der Waals surface area contributed by atoms with Gasteiger partial charge in [0, 0.05) is 36.5 Å². The van der Waals surface area contributed by atoms with Crippen molar-refractivity contribution in [1.82, 2.24) is 10.2 Å². The molecule has 1 aliphatic heterocycles. The van der Waals surface area contributed by atoms with Crippen molar-refractivity contribution in [3.63, 3.8) is 0 Å². The van der Waals surface area contributed by atoms with E-state index in [2.05, 4.69) is 15.5 Å². The van der Waals surface area contributed by atoms with Gasteiger partial charge < -0.3 is 10.2 Å². The maximum atomic E-state index is 13.7. The number of rotatable bonds is 4. The smallest absolute Gasteiger partial charge is 0.369 e. The number of hydrogen-bond donors (Lipinski definition) is 1. The number of anilines is 2. The summed E-state index contributed by atoms with van der Waals surface area (Å²) in [4.78, 5) is 15.0. The Kier molecular flexibility index (Phi) is 6.49. The van der Waals surface area contributed by atoms with Crippen molar-refractivity contribution in [1.29, 1.82) is 0 Å². The van der Waals surface area contributed by atoms with Crippen molar-refractivity contribution in [2.75, 3.05) is 29.6 Å². The minimum atomic E-state index is -4.78. The lowest BCUT2D eigenvalue weighted by atomic mass is 10.1. The van der Waals surface area contributed by atoms with E-state index >= 15 is 0 Å². The summed E-state index contributed by atoms with van der Waals surface area (Å²) in [5, 5.41) is 9.24. The molecule has 2 aromatic rings. The van der Waals surface area contributed by atoms with Crippen molar-refractivity contribution < 1.29 is 26.7 Å². The molecule has 11 heteroatoms. The van der Waals surface area contributed by atoms with E-state index in [4.69, 9.17) is 0 Å². The summed E-state index contributed by atoms with van der Waals surface area (Å²) in [6, 6.07) is 7.58. The van der Waals surface area contributed by atoms with Gasteiger partial charge in [0.15, 0.2) is 11.4 Å². The first-order valence-corrected chi connectivity index (χ1v) is 10.3. The average molecular weight is 446 g/mol. The van der Waals surface area contributed by atoms with Crippen molar-refractivity contribution >= 4 is 29.0 Å². The summed E-state index contributed by atoms with van der Waals surface area (Å²) >= 11 is 1.45. The van der Waals surface area contributed by atoms with Gasteiger partial charge in [-0.2, -0.15) is 13.2 Å². The molecule has 1 amide bonds. The Bertz CT molecular complexity index is 922. The molecule has 162 valence electrons. The number of benzene rings is 1. The average Bonchev–Trinajstić information content (AvgIpc) is 2.87. The van der Waals surface area contributed by atoms with Crippen LogP contribution in [0.2, 0.25) is 0 Å². The van der Waals surface area contributed by atoms with Crippen LogP contribution < -0.4 is 10.2 Å². The lowest BCUT2D eigenvalue weighted by molar-refractivity contribution is -0.141. The first kappa shape index (κ1) is 22.3. The zero-order valence-electron chi connectivity index (χ0n) is 16.0. The van der Waals surface area contributed by atoms with Gasteiger partial charge in [-0.25, -0.2) is 8.78 Å². The maximum Gasteiger partial charge on any atom is 0.435 e. The van der Waals surface area contributed by atoms with Gasteiger partial charge in [-0.1, -0.05) is 6.07 Å². The van der Waals surface area contributed by atoms with Gasteiger partial charge in [-0.05, 0) is 36.9 Å². The third kappa shape index (κ3) is 5.38. The largest absolute Gasteiger partial charge is 0.435 e. The monoisotopic (exact) mass is 446 g/mol. The zero-order valence-corrected chi connectivity index (χ0v) is 16.8. The molecule has 1 N–H and O–H groups in total. The molecule has 0 atom stereocenters. The highest BCUT2D eigenvalue weighted by Crippen LogP contribution is 2.34. The summed E-state index contributed by atoms with van der Waals surface area (Å²) < 4.78 is 66.9. The highest BCUT2D eigenvalue weighted by atomic mass is 32.2. The fourth-order valence-electron chi connectivity index (χ4n) is 3.12. The molecule has 2 heterocycles. The molecule has 0 radical (unpaired) electrons. The quantitative estimate of drug-likeness (QED) is 0.524. The Balaban J connectivity index is 1.95. The number of nitrogens with zero attached hydrogens (tertiary/aromatic N) is 3. The predicted molar refractivity (Wildman–Crippen MR) is 104 cm³/mol. The van der Waals surface area contributed by atoms with Gasteiger partial charge >= 0.3 is 6.18 Å². The van der Waals surface area contributed by atoms with Crippen molar-refractivity contribution in [3.8, 4) is 0 Å². The van der Waals surface area contributed by atoms with Crippen molar-refractivity contribution in [3.05, 3.63) is 41.7 Å². The summed E-state index contributed by atoms with van der Waals surface area (Å²) in [6.07, 6.45) is -3.73. The molecule has 1 aromatic heterocycles. The lowest BCUT2D eigenvalue weighted by Gasteiger charge is -2.25. The van der Waals surface area contributed by atoms with E-state index in [0.29, 0.717) is 11.8 Å². The van der Waals surface area contributed by atoms with E-state index in [1.54, 1.807) is 18.2 Å². The van der Waals surface area contributed by atoms with Crippen LogP contribution in [-0.2, 0) is 6.18 Å². The molecule has 1 aliphatic rings. The van der Waals surface area contributed by atoms with E-state index in [9.17, 15) is 26.7 Å². The van der Waals surface area contributed by atoms with Crippen molar-refractivity contribution in [2.45, 2.75) is 36.3 Å². The number of amides is 1. The standard InChI is InChI=1S/C19H19F5N4OS/c1-30-13-5-2-4-12(10-13)25-17(29)16-14(11-15(26-27-16)19(22,23)24)28-8-3-6-18(20,21)7-9-28/h2,4-5,10-11H,3,6-9H2,1H3,(H,25,29). The summed E-state index contributed by atoms with van der Waals surface area (Å²) in [6.45, 7) is -0.112. The fraction of sp³-hybridized carbons (Fsp3) is 0.421. The van der Waals surface area contributed by atoms with Gasteiger partial charge in [0.05, 0.1) is 5.69 Å². The molecule has 1 aromatic carbocycles. The number of thioether (sulfide) groups is 1. The normalized spacial score (nSPS) is 16.8. The van der Waals surface area contributed by atoms with Gasteiger partial charge in [-0.3, -0.25) is 4.79 Å². The number of hydrogen-bond acceptors (Lipinski definition) is 5. The molecule has 0 spiro atoms. The first-order chi connectivity index (χ1) is 14.1. The molecular formula is C19H19F5N4OS. The molecular weight excluding hydrogens is 427 g/mol. The van der Waals surface area contributed by atoms with Crippen molar-refractivity contribution in [2.24, 2.45) is 0 Å². The summed E-state index contributed by atoms with van der Waals surface area (Å²) in [7, 11) is 0. The summed E-state index contributed by atoms with van der Waals surface area (Å²) in [5.74, 6) is -3.66. The summed E-state index contributed by atoms with van der Waals surface area (Å²) in [5.41, 5.74) is -1.35. The highest BCUT2D eigenvalue weighted by Gasteiger charge is 2.37. The molecule has 1 saturated heterocycles. The van der Waals surface area contributed by atoms with Crippen LogP contribution in [0.1, 0.15) is 35.4 Å². The Morgan fingerprint density at radius 1 is 1.17 bits per heavy atom. The van der Waals surface area contributed by atoms with Crippen LogP contribution in [0, 0.1) is 0 Å². The number of alkyl halides is 5. The van der Waals surface area contributed by atoms with Crippen LogP contribution in [0.3, 0.4) is 0 Å². The molecule has 0 aliphatic carbocycles. The number of carbonyl (C=O) groups is 1. The molecule has 0 unspecified atom stereocenters. The van der Waals surface area contributed by atoms with Gasteiger partial charge in [-0.15, -0.1) is 22.0 Å². The second kappa shape index (κ2) is 8.75. The number of carbonyl (C=O) groups excluding carboxylic acids is 1. The SMILES string of the molecule is CSc1cccc(NC(=O)c2nnc(C(F)(F)F)cc2N2CCCC(F)(F)CC2)c1. The molecule has 3 rings (SSSR count). The second-order valence-corrected chi connectivity index (χ2v) is 7.72. The van der Waals surface area contributed by atoms with E-state index in [0.717, 1.165) is 4.90 Å². The first-order valence-electron chi connectivity index (χ1n) is 9.12. The van der Waals surface area contributed by atoms with Gasteiger partial charge in [0.1, 0.15) is 0 Å². The van der Waals surface area contributed by atoms with E-state index in [1.165, 1.54) is 16.7 Å². The molecule has 1 fully saturated rings. The third-order valence-electron chi connectivity index (χ3n) is 4.67. The second-order valence-electron chi connectivity index (χ2n) is 6.84. The zero-order chi connectivity index (χ0) is 21.9. The molecule has 0 bridgehead atoms. The molecule has 30 heavy (non-hydrogen) atoms. The topological polar surface area (TPSA) is 58.1 Å². The van der Waals surface area contributed by atoms with Crippen LogP contribution in [0.5, 0.6) is 0 Å². The predicted octanol–water partition coefficient (Wildman–Crippen LogP) is 5.10. The van der Waals surface area contributed by atoms with Crippen LogP contribution in [-0.4, -0.2) is 41.4 Å². The Morgan fingerprint density at radius 3 is 2.63 bits per heavy atom. The maximum absolute atomic E-state index is 13.7. The Morgan fingerprint density at radius 2 is 1.93 bits per heavy atom. The van der Waals surface area contributed by atoms with Crippen LogP contribution in [0.25, 0.3) is 0 Å². The third-order valence-corrected chi connectivity index (χ3v) is 5.39. The fourth-order valence-corrected chi connectivity index (χ4v) is 3.58. The van der Waals surface area contributed by atoms with Crippen LogP contribution >= 0.6 is 11.8 Å². The van der Waals surface area contributed by atoms with E-state index in [-0.39, 0.29) is 37.3 Å². The van der Waals surface area contributed by atoms with E-state index in [1.807, 2.05) is 12.3 Å². The van der Waals surface area contributed by atoms with Crippen LogP contribution in [0.4, 0.5) is 33.3 Å².